The number of aryl methyl sites for hydroxylation is 1. The van der Waals surface area contributed by atoms with Crippen molar-refractivity contribution < 1.29 is 18.7 Å². The SMILES string of the molecule is COCC(C)OC(=O)c1ccc(C)cc1F. The van der Waals surface area contributed by atoms with Crippen LogP contribution >= 0.6 is 0 Å². The molecule has 0 aromatic heterocycles. The maximum Gasteiger partial charge on any atom is 0.341 e. The molecule has 1 atom stereocenters. The van der Waals surface area contributed by atoms with Gasteiger partial charge in [-0.15, -0.1) is 0 Å². The average molecular weight is 226 g/mol. The van der Waals surface area contributed by atoms with Crippen LogP contribution in [0, 0.1) is 12.7 Å². The Balaban J connectivity index is 2.73. The quantitative estimate of drug-likeness (QED) is 0.739. The first-order valence-corrected chi connectivity index (χ1v) is 5.00. The van der Waals surface area contributed by atoms with Crippen molar-refractivity contribution in [3.8, 4) is 0 Å². The lowest BCUT2D eigenvalue weighted by atomic mass is 10.1. The van der Waals surface area contributed by atoms with Gasteiger partial charge in [-0.3, -0.25) is 0 Å². The number of carbonyl (C=O) groups is 1. The Morgan fingerprint density at radius 1 is 1.50 bits per heavy atom. The summed E-state index contributed by atoms with van der Waals surface area (Å²) in [5, 5.41) is 0. The molecule has 1 aromatic carbocycles. The topological polar surface area (TPSA) is 35.5 Å². The molecule has 0 aliphatic carbocycles. The summed E-state index contributed by atoms with van der Waals surface area (Å²) in [4.78, 5) is 11.5. The van der Waals surface area contributed by atoms with Crippen LogP contribution in [0.25, 0.3) is 0 Å². The van der Waals surface area contributed by atoms with Crippen LogP contribution in [0.4, 0.5) is 4.39 Å². The van der Waals surface area contributed by atoms with Crippen molar-refractivity contribution in [2.24, 2.45) is 0 Å². The van der Waals surface area contributed by atoms with E-state index in [0.717, 1.165) is 5.56 Å². The molecule has 1 unspecified atom stereocenters. The first-order valence-electron chi connectivity index (χ1n) is 5.00. The third-order valence-electron chi connectivity index (χ3n) is 2.05. The van der Waals surface area contributed by atoms with E-state index < -0.39 is 17.9 Å². The molecule has 0 spiro atoms. The van der Waals surface area contributed by atoms with Gasteiger partial charge in [-0.2, -0.15) is 0 Å². The molecule has 0 saturated carbocycles. The molecular formula is C12H15FO3. The van der Waals surface area contributed by atoms with Crippen LogP contribution in [0.3, 0.4) is 0 Å². The van der Waals surface area contributed by atoms with Gasteiger partial charge in [-0.25, -0.2) is 9.18 Å². The van der Waals surface area contributed by atoms with Gasteiger partial charge in [-0.05, 0) is 31.5 Å². The Kier molecular flexibility index (Phi) is 4.43. The second-order valence-corrected chi connectivity index (χ2v) is 3.65. The zero-order valence-corrected chi connectivity index (χ0v) is 9.62. The molecule has 0 saturated heterocycles. The van der Waals surface area contributed by atoms with E-state index in [2.05, 4.69) is 0 Å². The first-order chi connectivity index (χ1) is 7.54. The Hall–Kier alpha value is -1.42. The van der Waals surface area contributed by atoms with E-state index >= 15 is 0 Å². The number of ether oxygens (including phenoxy) is 2. The minimum atomic E-state index is -0.665. The lowest BCUT2D eigenvalue weighted by molar-refractivity contribution is 0.0116. The standard InChI is InChI=1S/C12H15FO3/c1-8-4-5-10(11(13)6-8)12(14)16-9(2)7-15-3/h4-6,9H,7H2,1-3H3. The molecule has 0 radical (unpaired) electrons. The monoisotopic (exact) mass is 226 g/mol. The molecule has 1 rings (SSSR count). The van der Waals surface area contributed by atoms with Crippen molar-refractivity contribution in [1.29, 1.82) is 0 Å². The van der Waals surface area contributed by atoms with Gasteiger partial charge in [0, 0.05) is 7.11 Å². The second-order valence-electron chi connectivity index (χ2n) is 3.65. The number of halogens is 1. The lowest BCUT2D eigenvalue weighted by Crippen LogP contribution is -2.20. The summed E-state index contributed by atoms with van der Waals surface area (Å²) in [5.74, 6) is -1.23. The maximum absolute atomic E-state index is 13.4. The predicted octanol–water partition coefficient (Wildman–Crippen LogP) is 2.33. The fourth-order valence-corrected chi connectivity index (χ4v) is 1.30. The van der Waals surface area contributed by atoms with E-state index in [0.29, 0.717) is 6.61 Å². The Morgan fingerprint density at radius 3 is 2.75 bits per heavy atom. The van der Waals surface area contributed by atoms with Crippen LogP contribution in [0.2, 0.25) is 0 Å². The highest BCUT2D eigenvalue weighted by Gasteiger charge is 2.15. The van der Waals surface area contributed by atoms with Gasteiger partial charge in [0.2, 0.25) is 0 Å². The van der Waals surface area contributed by atoms with E-state index in [1.165, 1.54) is 19.2 Å². The molecule has 3 nitrogen and oxygen atoms in total. The Bertz CT molecular complexity index is 377. The highest BCUT2D eigenvalue weighted by molar-refractivity contribution is 5.89. The van der Waals surface area contributed by atoms with Crippen molar-refractivity contribution in [2.75, 3.05) is 13.7 Å². The molecule has 0 aliphatic rings. The molecule has 0 heterocycles. The maximum atomic E-state index is 13.4. The van der Waals surface area contributed by atoms with Crippen LogP contribution < -0.4 is 0 Å². The van der Waals surface area contributed by atoms with Gasteiger partial charge in [0.15, 0.2) is 0 Å². The Labute approximate surface area is 94.2 Å². The minimum absolute atomic E-state index is 0.0476. The summed E-state index contributed by atoms with van der Waals surface area (Å²) in [6.45, 7) is 3.73. The number of hydrogen-bond donors (Lipinski definition) is 0. The van der Waals surface area contributed by atoms with Crippen molar-refractivity contribution in [1.82, 2.24) is 0 Å². The van der Waals surface area contributed by atoms with Gasteiger partial charge < -0.3 is 9.47 Å². The highest BCUT2D eigenvalue weighted by atomic mass is 19.1. The largest absolute Gasteiger partial charge is 0.457 e. The van der Waals surface area contributed by atoms with E-state index in [4.69, 9.17) is 9.47 Å². The van der Waals surface area contributed by atoms with Gasteiger partial charge in [-0.1, -0.05) is 6.07 Å². The van der Waals surface area contributed by atoms with Crippen molar-refractivity contribution >= 4 is 5.97 Å². The van der Waals surface area contributed by atoms with Crippen LogP contribution in [-0.4, -0.2) is 25.8 Å². The third-order valence-corrected chi connectivity index (χ3v) is 2.05. The van der Waals surface area contributed by atoms with Crippen LogP contribution in [0.5, 0.6) is 0 Å². The van der Waals surface area contributed by atoms with Gasteiger partial charge in [0.25, 0.3) is 0 Å². The van der Waals surface area contributed by atoms with Crippen molar-refractivity contribution in [3.05, 3.63) is 35.1 Å². The molecule has 4 heteroatoms. The zero-order valence-electron chi connectivity index (χ0n) is 9.62. The molecule has 0 aliphatic heterocycles. The number of rotatable bonds is 4. The molecule has 0 bridgehead atoms. The smallest absolute Gasteiger partial charge is 0.341 e. The normalized spacial score (nSPS) is 12.2. The highest BCUT2D eigenvalue weighted by Crippen LogP contribution is 2.12. The number of carbonyl (C=O) groups excluding carboxylic acids is 1. The fourth-order valence-electron chi connectivity index (χ4n) is 1.30. The van der Waals surface area contributed by atoms with Gasteiger partial charge in [0.05, 0.1) is 12.2 Å². The minimum Gasteiger partial charge on any atom is -0.457 e. The van der Waals surface area contributed by atoms with E-state index in [1.807, 2.05) is 0 Å². The summed E-state index contributed by atoms with van der Waals surface area (Å²) in [6, 6.07) is 4.39. The number of hydrogen-bond acceptors (Lipinski definition) is 3. The van der Waals surface area contributed by atoms with Crippen LogP contribution in [-0.2, 0) is 9.47 Å². The summed E-state index contributed by atoms with van der Waals surface area (Å²) in [5.41, 5.74) is 0.715. The third kappa shape index (κ3) is 3.31. The summed E-state index contributed by atoms with van der Waals surface area (Å²) >= 11 is 0. The van der Waals surface area contributed by atoms with Crippen molar-refractivity contribution in [2.45, 2.75) is 20.0 Å². The molecular weight excluding hydrogens is 211 g/mol. The Morgan fingerprint density at radius 2 is 2.19 bits per heavy atom. The second kappa shape index (κ2) is 5.61. The van der Waals surface area contributed by atoms with Crippen LogP contribution in [0.1, 0.15) is 22.8 Å². The first kappa shape index (κ1) is 12.6. The van der Waals surface area contributed by atoms with Gasteiger partial charge in [0.1, 0.15) is 11.9 Å². The molecule has 0 N–H and O–H groups in total. The summed E-state index contributed by atoms with van der Waals surface area (Å²) < 4.78 is 23.2. The van der Waals surface area contributed by atoms with Crippen LogP contribution in [0.15, 0.2) is 18.2 Å². The predicted molar refractivity (Wildman–Crippen MR) is 57.9 cm³/mol. The number of methoxy groups -OCH3 is 1. The molecule has 0 fully saturated rings. The summed E-state index contributed by atoms with van der Waals surface area (Å²) in [7, 11) is 1.51. The van der Waals surface area contributed by atoms with E-state index in [9.17, 15) is 9.18 Å². The lowest BCUT2D eigenvalue weighted by Gasteiger charge is -2.12. The zero-order chi connectivity index (χ0) is 12.1. The molecule has 0 amide bonds. The van der Waals surface area contributed by atoms with Gasteiger partial charge >= 0.3 is 5.97 Å². The molecule has 16 heavy (non-hydrogen) atoms. The fraction of sp³-hybridized carbons (Fsp3) is 0.417. The van der Waals surface area contributed by atoms with Crippen molar-refractivity contribution in [3.63, 3.8) is 0 Å². The summed E-state index contributed by atoms with van der Waals surface area (Å²) in [6.07, 6.45) is -0.391. The number of benzene rings is 1. The van der Waals surface area contributed by atoms with E-state index in [-0.39, 0.29) is 5.56 Å². The van der Waals surface area contributed by atoms with E-state index in [1.54, 1.807) is 19.9 Å². The molecule has 88 valence electrons. The molecule has 1 aromatic rings. The number of esters is 1. The average Bonchev–Trinajstić information content (AvgIpc) is 2.17.